The van der Waals surface area contributed by atoms with Crippen molar-refractivity contribution in [2.24, 2.45) is 0 Å². The van der Waals surface area contributed by atoms with Gasteiger partial charge in [-0.2, -0.15) is 11.8 Å². The monoisotopic (exact) mass is 301 g/mol. The van der Waals surface area contributed by atoms with Crippen molar-refractivity contribution < 1.29 is 18.3 Å². The van der Waals surface area contributed by atoms with Gasteiger partial charge in [-0.25, -0.2) is 8.78 Å². The van der Waals surface area contributed by atoms with Crippen LogP contribution in [0, 0.1) is 11.6 Å². The molecule has 0 saturated carbocycles. The van der Waals surface area contributed by atoms with E-state index in [4.69, 9.17) is 4.74 Å². The van der Waals surface area contributed by atoms with E-state index in [1.54, 1.807) is 11.8 Å². The minimum absolute atomic E-state index is 0.0394. The number of hydrogen-bond acceptors (Lipinski definition) is 3. The number of carbonyl (C=O) groups excluding carboxylic acids is 1. The van der Waals surface area contributed by atoms with E-state index in [2.05, 4.69) is 5.32 Å². The maximum atomic E-state index is 13.3. The van der Waals surface area contributed by atoms with Crippen molar-refractivity contribution in [2.45, 2.75) is 25.0 Å². The predicted molar refractivity (Wildman–Crippen MR) is 74.6 cm³/mol. The first-order valence-electron chi connectivity index (χ1n) is 6.46. The molecule has 6 heteroatoms. The van der Waals surface area contributed by atoms with E-state index in [0.29, 0.717) is 25.0 Å². The number of carbonyl (C=O) groups is 1. The van der Waals surface area contributed by atoms with Gasteiger partial charge < -0.3 is 10.1 Å². The average Bonchev–Trinajstić information content (AvgIpc) is 2.87. The minimum atomic E-state index is -0.898. The predicted octanol–water partition coefficient (Wildman–Crippen LogP) is 2.66. The lowest BCUT2D eigenvalue weighted by atomic mass is 10.0. The Morgan fingerprint density at radius 1 is 1.45 bits per heavy atom. The number of thioether (sulfide) groups is 1. The Morgan fingerprint density at radius 3 is 2.95 bits per heavy atom. The van der Waals surface area contributed by atoms with E-state index in [0.717, 1.165) is 17.9 Å². The lowest BCUT2D eigenvalue weighted by molar-refractivity contribution is -0.121. The van der Waals surface area contributed by atoms with Crippen LogP contribution in [-0.2, 0) is 9.53 Å². The molecule has 1 aromatic rings. The van der Waals surface area contributed by atoms with Crippen LogP contribution in [0.2, 0.25) is 0 Å². The summed E-state index contributed by atoms with van der Waals surface area (Å²) in [5.41, 5.74) is 0.552. The van der Waals surface area contributed by atoms with Gasteiger partial charge in [-0.15, -0.1) is 0 Å². The molecule has 1 fully saturated rings. The van der Waals surface area contributed by atoms with Crippen LogP contribution in [-0.4, -0.2) is 30.6 Å². The minimum Gasteiger partial charge on any atom is -0.371 e. The molecule has 0 spiro atoms. The summed E-state index contributed by atoms with van der Waals surface area (Å²) in [6, 6.07) is 3.52. The van der Waals surface area contributed by atoms with Crippen LogP contribution in [0.25, 0.3) is 0 Å². The molecule has 1 aromatic carbocycles. The Hall–Kier alpha value is -1.14. The number of rotatable bonds is 5. The van der Waals surface area contributed by atoms with E-state index in [1.807, 2.05) is 6.26 Å². The van der Waals surface area contributed by atoms with Crippen LogP contribution < -0.4 is 5.32 Å². The van der Waals surface area contributed by atoms with Gasteiger partial charge >= 0.3 is 0 Å². The molecule has 1 aliphatic rings. The molecule has 2 atom stereocenters. The summed E-state index contributed by atoms with van der Waals surface area (Å²) in [6.07, 6.45) is 2.65. The Bertz CT molecular complexity index is 484. The van der Waals surface area contributed by atoms with Crippen LogP contribution >= 0.6 is 11.8 Å². The summed E-state index contributed by atoms with van der Waals surface area (Å²) in [7, 11) is 0. The number of ether oxygens (including phenoxy) is 1. The van der Waals surface area contributed by atoms with E-state index in [9.17, 15) is 13.6 Å². The molecule has 3 nitrogen and oxygen atoms in total. The molecule has 1 aliphatic heterocycles. The van der Waals surface area contributed by atoms with Gasteiger partial charge in [-0.3, -0.25) is 4.79 Å². The SMILES string of the molecule is CSCCC(=O)N[C@@H]1CCO[C@H]1c1ccc(F)c(F)c1. The average molecular weight is 301 g/mol. The van der Waals surface area contributed by atoms with E-state index >= 15 is 0 Å². The third-order valence-corrected chi connectivity index (χ3v) is 3.86. The lowest BCUT2D eigenvalue weighted by Gasteiger charge is -2.20. The Labute approximate surface area is 121 Å². The zero-order valence-corrected chi connectivity index (χ0v) is 12.0. The van der Waals surface area contributed by atoms with Crippen LogP contribution in [0.1, 0.15) is 24.5 Å². The van der Waals surface area contributed by atoms with Crippen molar-refractivity contribution in [3.05, 3.63) is 35.4 Å². The quantitative estimate of drug-likeness (QED) is 0.908. The highest BCUT2D eigenvalue weighted by molar-refractivity contribution is 7.98. The summed E-state index contributed by atoms with van der Waals surface area (Å²) in [5.74, 6) is -1.06. The Kier molecular flexibility index (Phi) is 5.37. The molecule has 2 rings (SSSR count). The van der Waals surface area contributed by atoms with Gasteiger partial charge in [0.2, 0.25) is 5.91 Å². The van der Waals surface area contributed by atoms with Crippen molar-refractivity contribution in [1.29, 1.82) is 0 Å². The van der Waals surface area contributed by atoms with Crippen molar-refractivity contribution in [2.75, 3.05) is 18.6 Å². The lowest BCUT2D eigenvalue weighted by Crippen LogP contribution is -2.37. The summed E-state index contributed by atoms with van der Waals surface area (Å²) in [4.78, 5) is 11.7. The van der Waals surface area contributed by atoms with Crippen LogP contribution in [0.5, 0.6) is 0 Å². The topological polar surface area (TPSA) is 38.3 Å². The first-order valence-corrected chi connectivity index (χ1v) is 7.86. The zero-order chi connectivity index (χ0) is 14.5. The molecule has 0 unspecified atom stereocenters. The second-order valence-corrected chi connectivity index (χ2v) is 5.66. The number of halogens is 2. The molecular formula is C14H17F2NO2S. The third kappa shape index (κ3) is 3.70. The van der Waals surface area contributed by atoms with E-state index < -0.39 is 17.7 Å². The van der Waals surface area contributed by atoms with E-state index in [1.165, 1.54) is 6.07 Å². The van der Waals surface area contributed by atoms with Gasteiger partial charge in [-0.1, -0.05) is 6.07 Å². The second-order valence-electron chi connectivity index (χ2n) is 4.67. The molecule has 0 aliphatic carbocycles. The molecule has 20 heavy (non-hydrogen) atoms. The van der Waals surface area contributed by atoms with Crippen LogP contribution in [0.4, 0.5) is 8.78 Å². The van der Waals surface area contributed by atoms with Gasteiger partial charge in [0.05, 0.1) is 6.04 Å². The molecular weight excluding hydrogens is 284 g/mol. The molecule has 1 N–H and O–H groups in total. The van der Waals surface area contributed by atoms with Gasteiger partial charge in [0, 0.05) is 18.8 Å². The number of amides is 1. The van der Waals surface area contributed by atoms with Gasteiger partial charge in [0.15, 0.2) is 11.6 Å². The number of benzene rings is 1. The first-order chi connectivity index (χ1) is 9.61. The van der Waals surface area contributed by atoms with E-state index in [-0.39, 0.29) is 11.9 Å². The number of nitrogens with one attached hydrogen (secondary N) is 1. The largest absolute Gasteiger partial charge is 0.371 e. The fraction of sp³-hybridized carbons (Fsp3) is 0.500. The molecule has 1 saturated heterocycles. The van der Waals surface area contributed by atoms with Gasteiger partial charge in [-0.05, 0) is 30.4 Å². The summed E-state index contributed by atoms with van der Waals surface area (Å²) in [6.45, 7) is 0.497. The van der Waals surface area contributed by atoms with Crippen molar-refractivity contribution in [1.82, 2.24) is 5.32 Å². The maximum Gasteiger partial charge on any atom is 0.221 e. The Morgan fingerprint density at radius 2 is 2.25 bits per heavy atom. The molecule has 0 bridgehead atoms. The second kappa shape index (κ2) is 7.04. The molecule has 110 valence electrons. The summed E-state index contributed by atoms with van der Waals surface area (Å²) in [5, 5.41) is 2.90. The highest BCUT2D eigenvalue weighted by atomic mass is 32.2. The highest BCUT2D eigenvalue weighted by Gasteiger charge is 2.31. The molecule has 1 heterocycles. The maximum absolute atomic E-state index is 13.3. The Balaban J connectivity index is 2.03. The van der Waals surface area contributed by atoms with Crippen molar-refractivity contribution in [3.8, 4) is 0 Å². The van der Waals surface area contributed by atoms with Gasteiger partial charge in [0.1, 0.15) is 6.10 Å². The number of hydrogen-bond donors (Lipinski definition) is 1. The standard InChI is InChI=1S/C14H17F2NO2S/c1-20-7-5-13(18)17-12-4-6-19-14(12)9-2-3-10(15)11(16)8-9/h2-3,8,12,14H,4-7H2,1H3,(H,17,18)/t12-,14+/m1/s1. The third-order valence-electron chi connectivity index (χ3n) is 3.24. The molecule has 0 aromatic heterocycles. The normalized spacial score (nSPS) is 21.9. The first kappa shape index (κ1) is 15.3. The van der Waals surface area contributed by atoms with Gasteiger partial charge in [0.25, 0.3) is 0 Å². The molecule has 1 amide bonds. The van der Waals surface area contributed by atoms with Crippen molar-refractivity contribution in [3.63, 3.8) is 0 Å². The van der Waals surface area contributed by atoms with Crippen LogP contribution in [0.3, 0.4) is 0 Å². The summed E-state index contributed by atoms with van der Waals surface area (Å²) >= 11 is 1.61. The van der Waals surface area contributed by atoms with Crippen LogP contribution in [0.15, 0.2) is 18.2 Å². The summed E-state index contributed by atoms with van der Waals surface area (Å²) < 4.78 is 31.8. The molecule has 0 radical (unpaired) electrons. The fourth-order valence-corrected chi connectivity index (χ4v) is 2.62. The fourth-order valence-electron chi connectivity index (χ4n) is 2.23. The van der Waals surface area contributed by atoms with Crippen molar-refractivity contribution >= 4 is 17.7 Å². The smallest absolute Gasteiger partial charge is 0.221 e. The zero-order valence-electron chi connectivity index (χ0n) is 11.2. The highest BCUT2D eigenvalue weighted by Crippen LogP contribution is 2.30.